The van der Waals surface area contributed by atoms with Gasteiger partial charge in [-0.2, -0.15) is 0 Å². The van der Waals surface area contributed by atoms with Crippen molar-refractivity contribution >= 4 is 56.5 Å². The maximum absolute atomic E-state index is 13.6. The molecule has 0 bridgehead atoms. The normalized spacial score (nSPS) is 10.6. The molecule has 9 heteroatoms. The van der Waals surface area contributed by atoms with Gasteiger partial charge >= 0.3 is 0 Å². The molecule has 23 heavy (non-hydrogen) atoms. The van der Waals surface area contributed by atoms with Crippen molar-refractivity contribution in [3.8, 4) is 0 Å². The van der Waals surface area contributed by atoms with Gasteiger partial charge in [0.15, 0.2) is 4.34 Å². The summed E-state index contributed by atoms with van der Waals surface area (Å²) in [5, 5.41) is 2.51. The van der Waals surface area contributed by atoms with Gasteiger partial charge < -0.3 is 11.1 Å². The number of carbonyl (C=O) groups is 2. The van der Waals surface area contributed by atoms with E-state index in [2.05, 4.69) is 26.2 Å². The van der Waals surface area contributed by atoms with Crippen LogP contribution in [-0.4, -0.2) is 22.6 Å². The van der Waals surface area contributed by atoms with Gasteiger partial charge in [0.2, 0.25) is 11.8 Å². The van der Waals surface area contributed by atoms with Crippen LogP contribution in [0.25, 0.3) is 0 Å². The maximum atomic E-state index is 13.6. The zero-order valence-electron chi connectivity index (χ0n) is 12.1. The van der Waals surface area contributed by atoms with Crippen LogP contribution in [0.3, 0.4) is 0 Å². The van der Waals surface area contributed by atoms with Crippen molar-refractivity contribution in [3.05, 3.63) is 39.1 Å². The maximum Gasteiger partial charge on any atom is 0.234 e. The fraction of sp³-hybridized carbons (Fsp3) is 0.214. The Morgan fingerprint density at radius 2 is 2.22 bits per heavy atom. The number of thiazole rings is 1. The van der Waals surface area contributed by atoms with Crippen LogP contribution in [0.5, 0.6) is 0 Å². The van der Waals surface area contributed by atoms with Crippen LogP contribution in [0.2, 0.25) is 0 Å². The van der Waals surface area contributed by atoms with Gasteiger partial charge in [-0.05, 0) is 25.1 Å². The Morgan fingerprint density at radius 1 is 1.48 bits per heavy atom. The van der Waals surface area contributed by atoms with Crippen LogP contribution >= 0.6 is 39.0 Å². The first-order valence-electron chi connectivity index (χ1n) is 6.47. The number of rotatable bonds is 6. The van der Waals surface area contributed by atoms with Crippen molar-refractivity contribution in [1.29, 1.82) is 0 Å². The van der Waals surface area contributed by atoms with E-state index in [1.807, 2.05) is 0 Å². The zero-order valence-corrected chi connectivity index (χ0v) is 15.3. The Bertz CT molecular complexity index is 752. The molecule has 1 aromatic heterocycles. The molecule has 1 heterocycles. The van der Waals surface area contributed by atoms with E-state index >= 15 is 0 Å². The molecule has 2 aromatic rings. The molecule has 2 rings (SSSR count). The standard InChI is InChI=1S/C14H13BrFN3O2S2/c1-7-11(5-12(17)20)23-14(18-7)22-6-13(21)19-10-3-2-8(15)4-9(10)16/h2-4H,5-6H2,1H3,(H2,17,20)(H,19,21). The van der Waals surface area contributed by atoms with Crippen LogP contribution < -0.4 is 11.1 Å². The number of hydrogen-bond acceptors (Lipinski definition) is 5. The Balaban J connectivity index is 1.93. The first-order valence-corrected chi connectivity index (χ1v) is 9.07. The van der Waals surface area contributed by atoms with Crippen LogP contribution in [0.4, 0.5) is 10.1 Å². The van der Waals surface area contributed by atoms with Crippen LogP contribution in [-0.2, 0) is 16.0 Å². The molecule has 0 saturated heterocycles. The molecule has 0 saturated carbocycles. The lowest BCUT2D eigenvalue weighted by Gasteiger charge is -2.05. The number of nitrogens with one attached hydrogen (secondary N) is 1. The van der Waals surface area contributed by atoms with Gasteiger partial charge in [0.05, 0.1) is 23.6 Å². The minimum absolute atomic E-state index is 0.0957. The van der Waals surface area contributed by atoms with Gasteiger partial charge in [0.25, 0.3) is 0 Å². The first kappa shape index (κ1) is 17.9. The van der Waals surface area contributed by atoms with Crippen molar-refractivity contribution in [2.75, 3.05) is 11.1 Å². The summed E-state index contributed by atoms with van der Waals surface area (Å²) in [5.41, 5.74) is 6.03. The summed E-state index contributed by atoms with van der Waals surface area (Å²) >= 11 is 5.72. The minimum atomic E-state index is -0.508. The van der Waals surface area contributed by atoms with Gasteiger partial charge in [0.1, 0.15) is 5.82 Å². The SMILES string of the molecule is Cc1nc(SCC(=O)Nc2ccc(Br)cc2F)sc1CC(N)=O. The van der Waals surface area contributed by atoms with Gasteiger partial charge in [-0.25, -0.2) is 9.37 Å². The second-order valence-corrected chi connectivity index (χ2v) is 7.81. The number of anilines is 1. The van der Waals surface area contributed by atoms with Crippen LogP contribution in [0, 0.1) is 12.7 Å². The number of carbonyl (C=O) groups excluding carboxylic acids is 2. The minimum Gasteiger partial charge on any atom is -0.369 e. The molecule has 0 unspecified atom stereocenters. The number of thioether (sulfide) groups is 1. The number of nitrogens with two attached hydrogens (primary N) is 1. The van der Waals surface area contributed by atoms with Crippen molar-refractivity contribution < 1.29 is 14.0 Å². The van der Waals surface area contributed by atoms with E-state index in [0.29, 0.717) is 8.81 Å². The highest BCUT2D eigenvalue weighted by Gasteiger charge is 2.13. The third-order valence-electron chi connectivity index (χ3n) is 2.74. The van der Waals surface area contributed by atoms with Crippen LogP contribution in [0.15, 0.2) is 27.0 Å². The lowest BCUT2D eigenvalue weighted by molar-refractivity contribution is -0.117. The van der Waals surface area contributed by atoms with Crippen molar-refractivity contribution in [2.24, 2.45) is 5.73 Å². The highest BCUT2D eigenvalue weighted by atomic mass is 79.9. The zero-order chi connectivity index (χ0) is 17.0. The summed E-state index contributed by atoms with van der Waals surface area (Å²) in [6, 6.07) is 4.41. The number of benzene rings is 1. The number of amides is 2. The molecule has 0 fully saturated rings. The summed E-state index contributed by atoms with van der Waals surface area (Å²) in [5.74, 6) is -1.16. The quantitative estimate of drug-likeness (QED) is 0.706. The molecule has 1 aromatic carbocycles. The monoisotopic (exact) mass is 417 g/mol. The lowest BCUT2D eigenvalue weighted by Crippen LogP contribution is -2.14. The lowest BCUT2D eigenvalue weighted by atomic mass is 10.3. The van der Waals surface area contributed by atoms with E-state index < -0.39 is 11.7 Å². The summed E-state index contributed by atoms with van der Waals surface area (Å²) in [4.78, 5) is 27.9. The molecule has 0 atom stereocenters. The van der Waals surface area contributed by atoms with Gasteiger partial charge in [-0.15, -0.1) is 11.3 Å². The molecule has 122 valence electrons. The summed E-state index contributed by atoms with van der Waals surface area (Å²) < 4.78 is 14.9. The molecular weight excluding hydrogens is 405 g/mol. The molecule has 0 aliphatic heterocycles. The number of hydrogen-bond donors (Lipinski definition) is 2. The largest absolute Gasteiger partial charge is 0.369 e. The van der Waals surface area contributed by atoms with E-state index in [9.17, 15) is 14.0 Å². The van der Waals surface area contributed by atoms with E-state index in [4.69, 9.17) is 5.73 Å². The number of nitrogens with zero attached hydrogens (tertiary/aromatic N) is 1. The van der Waals surface area contributed by atoms with Gasteiger partial charge in [-0.3, -0.25) is 9.59 Å². The molecule has 5 nitrogen and oxygen atoms in total. The Kier molecular flexibility index (Phi) is 6.14. The third-order valence-corrected chi connectivity index (χ3v) is 5.53. The first-order chi connectivity index (χ1) is 10.8. The topological polar surface area (TPSA) is 85.1 Å². The van der Waals surface area contributed by atoms with E-state index in [1.54, 1.807) is 13.0 Å². The second-order valence-electron chi connectivity index (χ2n) is 4.59. The number of halogens is 2. The van der Waals surface area contributed by atoms with Gasteiger partial charge in [0, 0.05) is 9.35 Å². The highest BCUT2D eigenvalue weighted by molar-refractivity contribution is 9.10. The number of aromatic nitrogens is 1. The smallest absolute Gasteiger partial charge is 0.234 e. The second kappa shape index (κ2) is 7.89. The third kappa shape index (κ3) is 5.29. The highest BCUT2D eigenvalue weighted by Crippen LogP contribution is 2.28. The number of primary amides is 1. The molecule has 2 amide bonds. The summed E-state index contributed by atoms with van der Waals surface area (Å²) in [6.45, 7) is 1.79. The molecule has 0 aliphatic carbocycles. The Hall–Kier alpha value is -1.45. The molecule has 3 N–H and O–H groups in total. The molecular formula is C14H13BrFN3O2S2. The van der Waals surface area contributed by atoms with E-state index in [1.165, 1.54) is 35.2 Å². The van der Waals surface area contributed by atoms with Gasteiger partial charge in [-0.1, -0.05) is 27.7 Å². The molecule has 0 radical (unpaired) electrons. The van der Waals surface area contributed by atoms with Crippen molar-refractivity contribution in [2.45, 2.75) is 17.7 Å². The fourth-order valence-corrected chi connectivity index (χ4v) is 4.07. The molecule has 0 spiro atoms. The predicted molar refractivity (Wildman–Crippen MR) is 93.2 cm³/mol. The van der Waals surface area contributed by atoms with Crippen molar-refractivity contribution in [3.63, 3.8) is 0 Å². The van der Waals surface area contributed by atoms with E-state index in [0.717, 1.165) is 10.6 Å². The fourth-order valence-electron chi connectivity index (χ4n) is 1.69. The van der Waals surface area contributed by atoms with Crippen molar-refractivity contribution in [1.82, 2.24) is 4.98 Å². The summed E-state index contributed by atoms with van der Waals surface area (Å²) in [6.07, 6.45) is 0.139. The van der Waals surface area contributed by atoms with Crippen LogP contribution in [0.1, 0.15) is 10.6 Å². The Morgan fingerprint density at radius 3 is 2.87 bits per heavy atom. The molecule has 0 aliphatic rings. The Labute approximate surface area is 149 Å². The predicted octanol–water partition coefficient (Wildman–Crippen LogP) is 3.11. The number of aryl methyl sites for hydroxylation is 1. The van der Waals surface area contributed by atoms with E-state index in [-0.39, 0.29) is 23.8 Å². The average Bonchev–Trinajstić information content (AvgIpc) is 2.79. The summed E-state index contributed by atoms with van der Waals surface area (Å²) in [7, 11) is 0. The average molecular weight is 418 g/mol.